The van der Waals surface area contributed by atoms with E-state index in [1.807, 2.05) is 0 Å². The maximum absolute atomic E-state index is 11.3. The quantitative estimate of drug-likeness (QED) is 0.0195. The largest absolute Gasteiger partial charge is 0.416 e. The SMILES string of the molecule is CCCCCCCCCCCCCCCCC(C)(C)c1c[nH]c(=O)o1.CCCCCCCCCCCCCCCCC(C)(CC)c1c[nH]c(=O)o1.CCCCCCCCCCCCCCCCC(C)c1c[nH]c(=O)o1.CCCCCCCCCCCCCCCCC(CC)(CC)c1c[nH]c(=O)o1.CCCCCCCCCCCCCCCCC(CC)c1c[nH]c(=O)o1.CCCCCCCCCCCCCCCCCc1c[nH]c(=O)o1. The van der Waals surface area contributed by atoms with Crippen LogP contribution in [0.5, 0.6) is 0 Å². The van der Waals surface area contributed by atoms with Crippen molar-refractivity contribution in [2.45, 2.75) is 735 Å². The van der Waals surface area contributed by atoms with E-state index in [0.29, 0.717) is 11.8 Å². The zero-order valence-corrected chi connectivity index (χ0v) is 101. The van der Waals surface area contributed by atoms with Crippen LogP contribution >= 0.6 is 0 Å². The van der Waals surface area contributed by atoms with Crippen molar-refractivity contribution < 1.29 is 26.5 Å². The predicted molar refractivity (Wildman–Crippen MR) is 644 cm³/mol. The van der Waals surface area contributed by atoms with Crippen molar-refractivity contribution in [1.82, 2.24) is 29.9 Å². The highest BCUT2D eigenvalue weighted by atomic mass is 16.4. The Morgan fingerprint density at radius 1 is 0.213 bits per heavy atom. The fourth-order valence-electron chi connectivity index (χ4n) is 21.6. The molecule has 6 aromatic heterocycles. The lowest BCUT2D eigenvalue weighted by atomic mass is 9.76. The molecule has 0 amide bonds. The van der Waals surface area contributed by atoms with Gasteiger partial charge in [-0.2, -0.15) is 0 Å². The first kappa shape index (κ1) is 142. The molecule has 0 saturated heterocycles. The van der Waals surface area contributed by atoms with Gasteiger partial charge >= 0.3 is 34.5 Å². The lowest BCUT2D eigenvalue weighted by Gasteiger charge is -2.29. The first-order valence-electron chi connectivity index (χ1n) is 65.3. The molecule has 6 N–H and O–H groups in total. The van der Waals surface area contributed by atoms with Gasteiger partial charge in [0.05, 0.1) is 0 Å². The summed E-state index contributed by atoms with van der Waals surface area (Å²) in [5.41, 5.74) is -0.0110. The van der Waals surface area contributed by atoms with Crippen LogP contribution in [0, 0.1) is 0 Å². The third-order valence-electron chi connectivity index (χ3n) is 32.7. The van der Waals surface area contributed by atoms with Gasteiger partial charge in [-0.3, -0.25) is 29.9 Å². The zero-order valence-electron chi connectivity index (χ0n) is 101. The molecule has 0 aliphatic rings. The van der Waals surface area contributed by atoms with Gasteiger partial charge in [0, 0.05) is 71.7 Å². The first-order valence-corrected chi connectivity index (χ1v) is 65.3. The molecular weight excluding hydrogens is 1860 g/mol. The molecule has 0 radical (unpaired) electrons. The van der Waals surface area contributed by atoms with Gasteiger partial charge in [-0.25, -0.2) is 28.8 Å². The van der Waals surface area contributed by atoms with Crippen molar-refractivity contribution in [3.63, 3.8) is 0 Å². The molecule has 18 heteroatoms. The van der Waals surface area contributed by atoms with E-state index in [4.69, 9.17) is 26.5 Å². The summed E-state index contributed by atoms with van der Waals surface area (Å²) in [4.78, 5) is 82.2. The molecule has 150 heavy (non-hydrogen) atoms. The maximum Gasteiger partial charge on any atom is 0.416 e. The van der Waals surface area contributed by atoms with Gasteiger partial charge in [0.25, 0.3) is 0 Å². The summed E-state index contributed by atoms with van der Waals surface area (Å²) in [6, 6.07) is 0. The monoisotopic (exact) mass is 2110 g/mol. The molecule has 0 bridgehead atoms. The van der Waals surface area contributed by atoms with Crippen molar-refractivity contribution in [2.75, 3.05) is 0 Å². The van der Waals surface area contributed by atoms with E-state index < -0.39 is 0 Å². The van der Waals surface area contributed by atoms with Crippen molar-refractivity contribution in [2.24, 2.45) is 0 Å². The molecule has 0 fully saturated rings. The van der Waals surface area contributed by atoms with Crippen molar-refractivity contribution in [1.29, 1.82) is 0 Å². The van der Waals surface area contributed by atoms with E-state index in [0.717, 1.165) is 105 Å². The highest BCUT2D eigenvalue weighted by Gasteiger charge is 2.32. The molecule has 3 atom stereocenters. The Hall–Kier alpha value is -5.94. The molecule has 3 unspecified atom stereocenters. The Labute approximate surface area is 920 Å². The Kier molecular flexibility index (Phi) is 98.0. The number of hydrogen-bond acceptors (Lipinski definition) is 12. The maximum atomic E-state index is 11.3. The predicted octanol–water partition coefficient (Wildman–Crippen LogP) is 43.2. The molecule has 0 aliphatic carbocycles. The molecule has 6 rings (SSSR count). The fourth-order valence-corrected chi connectivity index (χ4v) is 21.6. The summed E-state index contributed by atoms with van der Waals surface area (Å²) in [7, 11) is 0. The minimum absolute atomic E-state index is 0.00368. The lowest BCUT2D eigenvalue weighted by molar-refractivity contribution is 0.276. The number of aromatic amines is 6. The summed E-state index contributed by atoms with van der Waals surface area (Å²) in [5, 5.41) is 0. The number of hydrogen-bond donors (Lipinski definition) is 6. The Morgan fingerprint density at radius 2 is 0.440 bits per heavy atom. The van der Waals surface area contributed by atoms with E-state index in [2.05, 4.69) is 127 Å². The fraction of sp³-hybridized carbons (Fsp3) is 0.864. The second-order valence-electron chi connectivity index (χ2n) is 46.7. The van der Waals surface area contributed by atoms with E-state index in [-0.39, 0.29) is 50.8 Å². The van der Waals surface area contributed by atoms with Crippen molar-refractivity contribution in [3.05, 3.63) is 135 Å². The van der Waals surface area contributed by atoms with Crippen LogP contribution in [0.25, 0.3) is 0 Å². The third kappa shape index (κ3) is 82.5. The summed E-state index contributed by atoms with van der Waals surface area (Å²) in [6.45, 7) is 31.1. The highest BCUT2D eigenvalue weighted by Crippen LogP contribution is 2.38. The van der Waals surface area contributed by atoms with Crippen LogP contribution in [-0.2, 0) is 22.7 Å². The molecule has 876 valence electrons. The Bertz CT molecular complexity index is 4080. The minimum Gasteiger partial charge on any atom is -0.413 e. The first-order chi connectivity index (χ1) is 73.2. The van der Waals surface area contributed by atoms with Gasteiger partial charge in [-0.05, 0) is 64.2 Å². The highest BCUT2D eigenvalue weighted by molar-refractivity contribution is 5.10. The summed E-state index contributed by atoms with van der Waals surface area (Å²) in [5.74, 6) is 3.65. The number of oxazole rings is 6. The van der Waals surface area contributed by atoms with E-state index in [1.165, 1.54) is 539 Å². The number of H-pyrrole nitrogens is 6. The standard InChI is InChI=1S/C24H45NO2.C23H43NO2.2C22H41NO2.C21H39NO2.C20H37NO2/c1-4-7-8-9-10-11-12-13-14-15-16-17-18-19-20-24(5-2,6-3)22-21-25-23(26)27-22;1-4-6-7-8-9-10-11-12-13-14-15-16-17-18-19-23(3,5-2)21-20-24-22(25)26-21;1-4-5-6-7-8-9-10-11-12-13-14-15-16-17-18-22(2,3)20-19-23-21(24)25-20;1-3-5-6-7-8-9-10-11-12-13-14-15-16-17-18-20(4-2)21-19-23-22(24)25-21;1-3-4-5-6-7-8-9-10-11-12-13-14-15-16-17-19(2)20-18-22-21(23)24-20;1-2-3-4-5-6-7-8-9-10-11-12-13-14-15-16-17-19-18-21-20(22)23-19/h21H,4-20H2,1-3H3,(H,25,26);20H,4-19H2,1-3H3,(H,24,25);19H,4-18H2,1-3H3,(H,23,24);19-20H,3-18H2,1-2H3,(H,23,24);18-19H,3-17H2,1-2H3,(H,22,23);18H,2-17H2,1H3,(H,21,22). The van der Waals surface area contributed by atoms with Crippen LogP contribution in [0.1, 0.15) is 747 Å². The molecule has 0 spiro atoms. The van der Waals surface area contributed by atoms with Crippen molar-refractivity contribution >= 4 is 0 Å². The van der Waals surface area contributed by atoms with Gasteiger partial charge in [0.15, 0.2) is 0 Å². The van der Waals surface area contributed by atoms with Crippen LogP contribution in [-0.4, -0.2) is 29.9 Å². The van der Waals surface area contributed by atoms with E-state index in [1.54, 1.807) is 37.2 Å². The normalized spacial score (nSPS) is 12.4. The van der Waals surface area contributed by atoms with Crippen LogP contribution in [0.2, 0.25) is 0 Å². The molecule has 0 aliphatic heterocycles. The number of nitrogens with one attached hydrogen (secondary N) is 6. The number of rotatable bonds is 100. The Morgan fingerprint density at radius 3 is 0.693 bits per heavy atom. The van der Waals surface area contributed by atoms with E-state index >= 15 is 0 Å². The second-order valence-corrected chi connectivity index (χ2v) is 46.7. The molecular formula is C132H246N6O12. The van der Waals surface area contributed by atoms with Crippen LogP contribution in [0.4, 0.5) is 0 Å². The third-order valence-corrected chi connectivity index (χ3v) is 32.7. The van der Waals surface area contributed by atoms with Gasteiger partial charge in [0.1, 0.15) is 34.6 Å². The van der Waals surface area contributed by atoms with Gasteiger partial charge in [0.2, 0.25) is 0 Å². The molecule has 6 heterocycles. The van der Waals surface area contributed by atoms with Crippen LogP contribution in [0.3, 0.4) is 0 Å². The van der Waals surface area contributed by atoms with Crippen LogP contribution in [0.15, 0.2) is 92.5 Å². The number of aromatic nitrogens is 6. The lowest BCUT2D eigenvalue weighted by Crippen LogP contribution is -2.24. The molecule has 0 saturated carbocycles. The topological polar surface area (TPSA) is 276 Å². The minimum atomic E-state index is -0.343. The molecule has 0 aromatic carbocycles. The molecule has 18 nitrogen and oxygen atoms in total. The van der Waals surface area contributed by atoms with Gasteiger partial charge < -0.3 is 26.5 Å². The van der Waals surface area contributed by atoms with Crippen LogP contribution < -0.4 is 34.5 Å². The average Bonchev–Trinajstić information content (AvgIpc) is 1.66. The van der Waals surface area contributed by atoms with E-state index in [9.17, 15) is 28.8 Å². The molecule has 6 aromatic rings. The number of unbranched alkanes of at least 4 members (excludes halogenated alkanes) is 79. The smallest absolute Gasteiger partial charge is 0.413 e. The van der Waals surface area contributed by atoms with Gasteiger partial charge in [-0.15, -0.1) is 0 Å². The number of aryl methyl sites for hydroxylation is 1. The average molecular weight is 2110 g/mol. The summed E-state index contributed by atoms with van der Waals surface area (Å²) >= 11 is 0. The Balaban J connectivity index is 0.000000901. The van der Waals surface area contributed by atoms with Crippen molar-refractivity contribution in [3.8, 4) is 0 Å². The summed E-state index contributed by atoms with van der Waals surface area (Å²) < 4.78 is 31.2. The summed E-state index contributed by atoms with van der Waals surface area (Å²) in [6.07, 6.45) is 139. The zero-order chi connectivity index (χ0) is 109. The van der Waals surface area contributed by atoms with Gasteiger partial charge in [-0.1, -0.05) is 636 Å². The second kappa shape index (κ2) is 103.